The van der Waals surface area contributed by atoms with E-state index in [1.54, 1.807) is 6.07 Å². The summed E-state index contributed by atoms with van der Waals surface area (Å²) in [6.45, 7) is 5.39. The van der Waals surface area contributed by atoms with Gasteiger partial charge in [-0.05, 0) is 24.1 Å². The maximum absolute atomic E-state index is 5.91. The molecule has 0 fully saturated rings. The number of hydrogen-bond acceptors (Lipinski definition) is 1. The summed E-state index contributed by atoms with van der Waals surface area (Å²) < 4.78 is 0. The Labute approximate surface area is 102 Å². The van der Waals surface area contributed by atoms with Crippen LogP contribution in [0, 0.1) is 5.92 Å². The Morgan fingerprint density at radius 3 is 2.07 bits per heavy atom. The smallest absolute Gasteiger partial charge is 0.0441 e. The molecule has 1 nitrogen and oxygen atoms in total. The summed E-state index contributed by atoms with van der Waals surface area (Å²) in [6.07, 6.45) is 2.38. The number of halogens is 2. The average Bonchev–Trinajstić information content (AvgIpc) is 2.18. The Morgan fingerprint density at radius 2 is 1.60 bits per heavy atom. The minimum Gasteiger partial charge on any atom is -0.385 e. The first kappa shape index (κ1) is 12.7. The first-order valence-corrected chi connectivity index (χ1v) is 6.11. The molecule has 0 radical (unpaired) electrons. The van der Waals surface area contributed by atoms with E-state index in [2.05, 4.69) is 19.2 Å². The Kier molecular flexibility index (Phi) is 5.27. The zero-order valence-corrected chi connectivity index (χ0v) is 10.7. The van der Waals surface area contributed by atoms with Crippen molar-refractivity contribution in [2.24, 2.45) is 5.92 Å². The second kappa shape index (κ2) is 6.24. The van der Waals surface area contributed by atoms with Gasteiger partial charge in [0.15, 0.2) is 0 Å². The van der Waals surface area contributed by atoms with Crippen molar-refractivity contribution in [3.8, 4) is 0 Å². The van der Waals surface area contributed by atoms with E-state index >= 15 is 0 Å². The summed E-state index contributed by atoms with van der Waals surface area (Å²) in [4.78, 5) is 0. The van der Waals surface area contributed by atoms with Crippen LogP contribution in [0.3, 0.4) is 0 Å². The zero-order chi connectivity index (χ0) is 11.3. The van der Waals surface area contributed by atoms with Crippen LogP contribution in [0.15, 0.2) is 18.2 Å². The first-order valence-electron chi connectivity index (χ1n) is 5.35. The lowest BCUT2D eigenvalue weighted by molar-refractivity contribution is 0.519. The second-order valence-corrected chi connectivity index (χ2v) is 4.59. The number of benzene rings is 1. The summed E-state index contributed by atoms with van der Waals surface area (Å²) in [5, 5.41) is 4.71. The van der Waals surface area contributed by atoms with E-state index < -0.39 is 0 Å². The highest BCUT2D eigenvalue weighted by molar-refractivity contribution is 6.35. The molecule has 3 heteroatoms. The van der Waals surface area contributed by atoms with E-state index in [0.29, 0.717) is 16.0 Å². The molecule has 1 N–H and O–H groups in total. The lowest BCUT2D eigenvalue weighted by Crippen LogP contribution is -2.12. The van der Waals surface area contributed by atoms with Crippen LogP contribution in [0.1, 0.15) is 26.7 Å². The van der Waals surface area contributed by atoms with Gasteiger partial charge in [-0.15, -0.1) is 0 Å². The van der Waals surface area contributed by atoms with Crippen molar-refractivity contribution in [2.75, 3.05) is 11.9 Å². The van der Waals surface area contributed by atoms with Crippen molar-refractivity contribution < 1.29 is 0 Å². The monoisotopic (exact) mass is 245 g/mol. The fourth-order valence-electron chi connectivity index (χ4n) is 1.50. The summed E-state index contributed by atoms with van der Waals surface area (Å²) >= 11 is 11.8. The summed E-state index contributed by atoms with van der Waals surface area (Å²) in [5.41, 5.74) is 0.999. The largest absolute Gasteiger partial charge is 0.385 e. The Morgan fingerprint density at radius 1 is 1.07 bits per heavy atom. The molecule has 0 aliphatic carbocycles. The van der Waals surface area contributed by atoms with Gasteiger partial charge < -0.3 is 5.32 Å². The average molecular weight is 246 g/mol. The van der Waals surface area contributed by atoms with Crippen LogP contribution >= 0.6 is 23.2 Å². The predicted molar refractivity (Wildman–Crippen MR) is 69.0 cm³/mol. The van der Waals surface area contributed by atoms with Crippen LogP contribution in [0.4, 0.5) is 5.69 Å². The molecule has 0 unspecified atom stereocenters. The number of rotatable bonds is 5. The van der Waals surface area contributed by atoms with Gasteiger partial charge >= 0.3 is 0 Å². The van der Waals surface area contributed by atoms with Gasteiger partial charge in [-0.3, -0.25) is 0 Å². The molecule has 15 heavy (non-hydrogen) atoms. The lowest BCUT2D eigenvalue weighted by Gasteiger charge is -2.14. The molecule has 0 saturated heterocycles. The van der Waals surface area contributed by atoms with Crippen molar-refractivity contribution in [3.05, 3.63) is 28.2 Å². The van der Waals surface area contributed by atoms with Crippen molar-refractivity contribution in [1.82, 2.24) is 0 Å². The van der Waals surface area contributed by atoms with E-state index in [-0.39, 0.29) is 0 Å². The van der Waals surface area contributed by atoms with Crippen LogP contribution in [0.2, 0.25) is 10.0 Å². The van der Waals surface area contributed by atoms with E-state index in [1.807, 2.05) is 12.1 Å². The summed E-state index contributed by atoms with van der Waals surface area (Å²) in [5.74, 6) is 0.711. The predicted octanol–water partition coefficient (Wildman–Crippen LogP) is 4.84. The maximum atomic E-state index is 5.91. The minimum atomic E-state index is 0.676. The van der Waals surface area contributed by atoms with Gasteiger partial charge in [0.1, 0.15) is 0 Å². The van der Waals surface area contributed by atoms with Crippen molar-refractivity contribution in [3.63, 3.8) is 0 Å². The second-order valence-electron chi connectivity index (χ2n) is 3.72. The van der Waals surface area contributed by atoms with Gasteiger partial charge in [0, 0.05) is 22.3 Å². The van der Waals surface area contributed by atoms with E-state index in [1.165, 1.54) is 12.8 Å². The van der Waals surface area contributed by atoms with Crippen LogP contribution in [-0.4, -0.2) is 6.54 Å². The Bertz CT molecular complexity index is 288. The fourth-order valence-corrected chi connectivity index (χ4v) is 2.02. The molecule has 84 valence electrons. The molecule has 1 rings (SSSR count). The molecule has 0 amide bonds. The molecule has 0 atom stereocenters. The highest BCUT2D eigenvalue weighted by Gasteiger charge is 2.03. The van der Waals surface area contributed by atoms with E-state index in [9.17, 15) is 0 Å². The van der Waals surface area contributed by atoms with Crippen molar-refractivity contribution in [1.29, 1.82) is 0 Å². The van der Waals surface area contributed by atoms with Crippen LogP contribution in [-0.2, 0) is 0 Å². The third-order valence-electron chi connectivity index (χ3n) is 2.61. The third-order valence-corrected chi connectivity index (χ3v) is 3.05. The van der Waals surface area contributed by atoms with E-state index in [4.69, 9.17) is 23.2 Å². The third kappa shape index (κ3) is 4.31. The van der Waals surface area contributed by atoms with Gasteiger partial charge in [0.2, 0.25) is 0 Å². The normalized spacial score (nSPS) is 10.7. The van der Waals surface area contributed by atoms with Gasteiger partial charge in [-0.25, -0.2) is 0 Å². The summed E-state index contributed by atoms with van der Waals surface area (Å²) in [6, 6.07) is 5.54. The van der Waals surface area contributed by atoms with Crippen LogP contribution < -0.4 is 5.32 Å². The zero-order valence-electron chi connectivity index (χ0n) is 9.19. The first-order chi connectivity index (χ1) is 7.15. The summed E-state index contributed by atoms with van der Waals surface area (Å²) in [7, 11) is 0. The highest BCUT2D eigenvalue weighted by Crippen LogP contribution is 2.22. The molecule has 0 spiro atoms. The Hall–Kier alpha value is -0.400. The molecule has 0 aliphatic rings. The number of hydrogen-bond donors (Lipinski definition) is 1. The molecule has 0 aromatic heterocycles. The maximum Gasteiger partial charge on any atom is 0.0441 e. The van der Waals surface area contributed by atoms with Gasteiger partial charge in [0.05, 0.1) is 0 Å². The Balaban J connectivity index is 2.57. The molecule has 1 aromatic rings. The molecule has 0 heterocycles. The SMILES string of the molecule is CCC(CC)CNc1cc(Cl)cc(Cl)c1. The standard InChI is InChI=1S/C12H17Cl2N/c1-3-9(4-2)8-15-12-6-10(13)5-11(14)7-12/h5-7,9,15H,3-4,8H2,1-2H3. The highest BCUT2D eigenvalue weighted by atomic mass is 35.5. The minimum absolute atomic E-state index is 0.676. The van der Waals surface area contributed by atoms with E-state index in [0.717, 1.165) is 12.2 Å². The van der Waals surface area contributed by atoms with Gasteiger partial charge in [-0.2, -0.15) is 0 Å². The molecule has 0 bridgehead atoms. The topological polar surface area (TPSA) is 12.0 Å². The molecule has 1 aromatic carbocycles. The number of nitrogens with one attached hydrogen (secondary N) is 1. The lowest BCUT2D eigenvalue weighted by atomic mass is 10.0. The van der Waals surface area contributed by atoms with Gasteiger partial charge in [0.25, 0.3) is 0 Å². The van der Waals surface area contributed by atoms with Crippen LogP contribution in [0.25, 0.3) is 0 Å². The molecular weight excluding hydrogens is 229 g/mol. The van der Waals surface area contributed by atoms with Crippen molar-refractivity contribution in [2.45, 2.75) is 26.7 Å². The number of anilines is 1. The molecule has 0 saturated carbocycles. The fraction of sp³-hybridized carbons (Fsp3) is 0.500. The van der Waals surface area contributed by atoms with Gasteiger partial charge in [-0.1, -0.05) is 49.9 Å². The van der Waals surface area contributed by atoms with Crippen molar-refractivity contribution >= 4 is 28.9 Å². The van der Waals surface area contributed by atoms with Crippen LogP contribution in [0.5, 0.6) is 0 Å². The molecular formula is C12H17Cl2N. The molecule has 0 aliphatic heterocycles. The quantitative estimate of drug-likeness (QED) is 0.783.